The number of hydrogen-bond acceptors (Lipinski definition) is 5. The summed E-state index contributed by atoms with van der Waals surface area (Å²) in [4.78, 5) is 9.98. The molecule has 0 aliphatic carbocycles. The predicted octanol–water partition coefficient (Wildman–Crippen LogP) is 5.79. The van der Waals surface area contributed by atoms with E-state index in [9.17, 15) is 0 Å². The van der Waals surface area contributed by atoms with Crippen molar-refractivity contribution >= 4 is 39.7 Å². The van der Waals surface area contributed by atoms with E-state index in [1.165, 1.54) is 0 Å². The van der Waals surface area contributed by atoms with E-state index in [4.69, 9.17) is 18.2 Å². The Morgan fingerprint density at radius 3 is 2.68 bits per heavy atom. The molecular formula is C24H21ClN6. The van der Waals surface area contributed by atoms with Gasteiger partial charge in [-0.3, -0.25) is 4.98 Å². The monoisotopic (exact) mass is 428 g/mol. The van der Waals surface area contributed by atoms with Crippen LogP contribution in [0.5, 0.6) is 0 Å². The van der Waals surface area contributed by atoms with Crippen molar-refractivity contribution in [2.75, 3.05) is 17.3 Å². The molecule has 2 aromatic carbocycles. The molecule has 4 aromatic rings. The summed E-state index contributed by atoms with van der Waals surface area (Å²) in [6, 6.07) is 17.4. The zero-order valence-corrected chi connectivity index (χ0v) is 18.1. The average molecular weight is 429 g/mol. The molecule has 0 spiro atoms. The molecule has 0 bridgehead atoms. The van der Waals surface area contributed by atoms with Gasteiger partial charge >= 0.3 is 0 Å². The number of nitrogens with one attached hydrogen (secondary N) is 1. The molecule has 0 radical (unpaired) electrons. The first-order chi connectivity index (χ1) is 15.0. The lowest BCUT2D eigenvalue weighted by molar-refractivity contribution is 0.850. The summed E-state index contributed by atoms with van der Waals surface area (Å²) in [5, 5.41) is 14.8. The molecule has 154 valence electrons. The van der Waals surface area contributed by atoms with Crippen molar-refractivity contribution in [1.29, 1.82) is 0 Å². The molecule has 0 unspecified atom stereocenters. The number of rotatable bonds is 6. The van der Waals surface area contributed by atoms with Gasteiger partial charge in [-0.1, -0.05) is 41.9 Å². The van der Waals surface area contributed by atoms with Gasteiger partial charge in [0.1, 0.15) is 0 Å². The zero-order chi connectivity index (χ0) is 21.8. The Kier molecular flexibility index (Phi) is 5.96. The van der Waals surface area contributed by atoms with Crippen LogP contribution in [0.2, 0.25) is 5.02 Å². The fourth-order valence-corrected chi connectivity index (χ4v) is 3.56. The first-order valence-electron chi connectivity index (χ1n) is 9.83. The first-order valence-corrected chi connectivity index (χ1v) is 10.2. The number of nitrogens with zero attached hydrogens (tertiary/aromatic N) is 5. The van der Waals surface area contributed by atoms with E-state index in [1.54, 1.807) is 12.3 Å². The molecule has 6 nitrogen and oxygen atoms in total. The second kappa shape index (κ2) is 8.99. The van der Waals surface area contributed by atoms with E-state index in [1.807, 2.05) is 67.4 Å². The number of halogens is 1. The fraction of sp³-hybridized carbons (Fsp3) is 0.167. The van der Waals surface area contributed by atoms with Crippen molar-refractivity contribution in [3.63, 3.8) is 0 Å². The summed E-state index contributed by atoms with van der Waals surface area (Å²) in [6.07, 6.45) is 1.78. The Labute approximate surface area is 186 Å². The van der Waals surface area contributed by atoms with Crippen LogP contribution in [0, 0.1) is 13.5 Å². The molecule has 0 fully saturated rings. The maximum Gasteiger partial charge on any atom is 0.188 e. The molecule has 0 aliphatic heterocycles. The van der Waals surface area contributed by atoms with Gasteiger partial charge in [-0.15, -0.1) is 10.2 Å². The molecule has 7 heteroatoms. The highest BCUT2D eigenvalue weighted by Crippen LogP contribution is 2.32. The highest BCUT2D eigenvalue weighted by atomic mass is 35.5. The summed E-state index contributed by atoms with van der Waals surface area (Å²) in [5.74, 6) is 1.37. The number of hydrogen-bond donors (Lipinski definition) is 1. The molecule has 4 rings (SSSR count). The van der Waals surface area contributed by atoms with E-state index < -0.39 is 0 Å². The van der Waals surface area contributed by atoms with Crippen LogP contribution >= 0.6 is 11.6 Å². The molecule has 0 amide bonds. The third kappa shape index (κ3) is 4.57. The minimum Gasteiger partial charge on any atom is -0.364 e. The van der Waals surface area contributed by atoms with E-state index in [0.29, 0.717) is 24.6 Å². The molecule has 2 heterocycles. The van der Waals surface area contributed by atoms with Gasteiger partial charge in [0.15, 0.2) is 17.3 Å². The third-order valence-corrected chi connectivity index (χ3v) is 5.46. The predicted molar refractivity (Wildman–Crippen MR) is 126 cm³/mol. The summed E-state index contributed by atoms with van der Waals surface area (Å²) in [7, 11) is 1.96. The molecule has 2 aromatic heterocycles. The van der Waals surface area contributed by atoms with Crippen LogP contribution in [0.4, 0.5) is 17.3 Å². The number of aromatic nitrogens is 3. The molecule has 1 N–H and O–H groups in total. The SMILES string of the molecule is [C-]#[N+]c1ccc2c(N(C)Cc3ccccn3)nnc(NCc3ccc(C)c(Cl)c3)c2c1. The lowest BCUT2D eigenvalue weighted by Crippen LogP contribution is -2.19. The van der Waals surface area contributed by atoms with E-state index in [2.05, 4.69) is 25.3 Å². The van der Waals surface area contributed by atoms with Gasteiger partial charge in [0.2, 0.25) is 0 Å². The minimum absolute atomic E-state index is 0.551. The first kappa shape index (κ1) is 20.6. The second-order valence-corrected chi connectivity index (χ2v) is 7.74. The lowest BCUT2D eigenvalue weighted by Gasteiger charge is -2.20. The van der Waals surface area contributed by atoms with Crippen LogP contribution in [0.3, 0.4) is 0 Å². The number of aryl methyl sites for hydroxylation is 1. The summed E-state index contributed by atoms with van der Waals surface area (Å²) >= 11 is 6.25. The highest BCUT2D eigenvalue weighted by Gasteiger charge is 2.14. The minimum atomic E-state index is 0.551. The van der Waals surface area contributed by atoms with Crippen molar-refractivity contribution in [2.24, 2.45) is 0 Å². The Hall–Kier alpha value is -3.69. The Morgan fingerprint density at radius 1 is 1.06 bits per heavy atom. The molecule has 31 heavy (non-hydrogen) atoms. The van der Waals surface area contributed by atoms with Gasteiger partial charge in [-0.25, -0.2) is 4.85 Å². The molecule has 0 saturated heterocycles. The van der Waals surface area contributed by atoms with Gasteiger partial charge in [0, 0.05) is 35.6 Å². The van der Waals surface area contributed by atoms with E-state index in [0.717, 1.165) is 38.4 Å². The van der Waals surface area contributed by atoms with Gasteiger partial charge in [-0.2, -0.15) is 0 Å². The van der Waals surface area contributed by atoms with Crippen LogP contribution in [0.15, 0.2) is 60.8 Å². The Balaban J connectivity index is 1.67. The van der Waals surface area contributed by atoms with Gasteiger partial charge < -0.3 is 10.2 Å². The Bertz CT molecular complexity index is 1270. The quantitative estimate of drug-likeness (QED) is 0.394. The van der Waals surface area contributed by atoms with Crippen molar-refractivity contribution in [3.8, 4) is 0 Å². The van der Waals surface area contributed by atoms with Crippen LogP contribution < -0.4 is 10.2 Å². The van der Waals surface area contributed by atoms with Crippen molar-refractivity contribution in [3.05, 3.63) is 94.1 Å². The number of anilines is 2. The van der Waals surface area contributed by atoms with Gasteiger partial charge in [0.25, 0.3) is 0 Å². The maximum absolute atomic E-state index is 7.39. The van der Waals surface area contributed by atoms with Crippen LogP contribution in [-0.2, 0) is 13.1 Å². The topological polar surface area (TPSA) is 58.3 Å². The van der Waals surface area contributed by atoms with Crippen LogP contribution in [0.1, 0.15) is 16.8 Å². The molecular weight excluding hydrogens is 408 g/mol. The second-order valence-electron chi connectivity index (χ2n) is 7.33. The normalized spacial score (nSPS) is 10.6. The third-order valence-electron chi connectivity index (χ3n) is 5.06. The highest BCUT2D eigenvalue weighted by molar-refractivity contribution is 6.31. The van der Waals surface area contributed by atoms with Crippen molar-refractivity contribution in [2.45, 2.75) is 20.0 Å². The van der Waals surface area contributed by atoms with Crippen LogP contribution in [0.25, 0.3) is 15.6 Å². The summed E-state index contributed by atoms with van der Waals surface area (Å²) < 4.78 is 0. The smallest absolute Gasteiger partial charge is 0.188 e. The van der Waals surface area contributed by atoms with Crippen molar-refractivity contribution in [1.82, 2.24) is 15.2 Å². The van der Waals surface area contributed by atoms with E-state index in [-0.39, 0.29) is 0 Å². The lowest BCUT2D eigenvalue weighted by atomic mass is 10.1. The summed E-state index contributed by atoms with van der Waals surface area (Å²) in [6.45, 7) is 10.5. The summed E-state index contributed by atoms with van der Waals surface area (Å²) in [5.41, 5.74) is 3.58. The largest absolute Gasteiger partial charge is 0.364 e. The average Bonchev–Trinajstić information content (AvgIpc) is 2.79. The number of pyridine rings is 1. The van der Waals surface area contributed by atoms with Gasteiger partial charge in [0.05, 0.1) is 18.8 Å². The molecule has 0 aliphatic rings. The number of fused-ring (bicyclic) bond motifs is 1. The maximum atomic E-state index is 7.39. The van der Waals surface area contributed by atoms with Gasteiger partial charge in [-0.05, 0) is 42.3 Å². The zero-order valence-electron chi connectivity index (χ0n) is 17.3. The standard InChI is InChI=1S/C24H21ClN6/c1-16-7-8-17(12-22(16)25)14-28-23-21-13-18(26-2)9-10-20(21)24(30-29-23)31(3)15-19-6-4-5-11-27-19/h4-13H,14-15H2,1,3H3,(H,28,29). The van der Waals surface area contributed by atoms with E-state index >= 15 is 0 Å². The fourth-order valence-electron chi connectivity index (χ4n) is 3.35. The molecule has 0 atom stereocenters. The van der Waals surface area contributed by atoms with Crippen LogP contribution in [-0.4, -0.2) is 22.2 Å². The molecule has 0 saturated carbocycles. The van der Waals surface area contributed by atoms with Crippen molar-refractivity contribution < 1.29 is 0 Å². The number of benzene rings is 2. The Morgan fingerprint density at radius 2 is 1.94 bits per heavy atom.